The Balaban J connectivity index is 1.65. The van der Waals surface area contributed by atoms with E-state index in [4.69, 9.17) is 11.6 Å². The van der Waals surface area contributed by atoms with Crippen LogP contribution in [0.5, 0.6) is 0 Å². The summed E-state index contributed by atoms with van der Waals surface area (Å²) in [6, 6.07) is 11.4. The van der Waals surface area contributed by atoms with Gasteiger partial charge in [-0.2, -0.15) is 5.10 Å². The summed E-state index contributed by atoms with van der Waals surface area (Å²) in [5.74, 6) is 0.273. The first-order chi connectivity index (χ1) is 11.6. The van der Waals surface area contributed by atoms with Crippen LogP contribution in [0.3, 0.4) is 0 Å². The lowest BCUT2D eigenvalue weighted by Crippen LogP contribution is -2.32. The third-order valence-electron chi connectivity index (χ3n) is 3.29. The van der Waals surface area contributed by atoms with E-state index in [0.29, 0.717) is 16.4 Å². The van der Waals surface area contributed by atoms with Gasteiger partial charge in [0.2, 0.25) is 0 Å². The van der Waals surface area contributed by atoms with Crippen LogP contribution in [-0.2, 0) is 6.54 Å². The van der Waals surface area contributed by atoms with Crippen molar-refractivity contribution < 1.29 is 4.79 Å². The average Bonchev–Trinajstić information content (AvgIpc) is 3.11. The minimum absolute atomic E-state index is 0.247. The maximum atomic E-state index is 12.0. The summed E-state index contributed by atoms with van der Waals surface area (Å²) in [7, 11) is 0. The molecule has 1 aromatic carbocycles. The van der Waals surface area contributed by atoms with Gasteiger partial charge in [0, 0.05) is 35.6 Å². The lowest BCUT2D eigenvalue weighted by atomic mass is 10.2. The molecule has 0 saturated carbocycles. The fourth-order valence-electron chi connectivity index (χ4n) is 2.13. The highest BCUT2D eigenvalue weighted by atomic mass is 35.5. The highest BCUT2D eigenvalue weighted by Crippen LogP contribution is 2.10. The van der Waals surface area contributed by atoms with E-state index in [9.17, 15) is 9.59 Å². The van der Waals surface area contributed by atoms with Crippen LogP contribution in [0.25, 0.3) is 5.82 Å². The predicted molar refractivity (Wildman–Crippen MR) is 89.4 cm³/mol. The maximum absolute atomic E-state index is 12.0. The minimum Gasteiger partial charge on any atom is -0.350 e. The third kappa shape index (κ3) is 3.69. The number of amides is 1. The van der Waals surface area contributed by atoms with Gasteiger partial charge < -0.3 is 5.32 Å². The van der Waals surface area contributed by atoms with E-state index in [1.807, 2.05) is 0 Å². The zero-order valence-electron chi connectivity index (χ0n) is 12.6. The number of hydrogen-bond acceptors (Lipinski definition) is 4. The second-order valence-electron chi connectivity index (χ2n) is 4.97. The maximum Gasteiger partial charge on any atom is 0.266 e. The molecule has 0 unspecified atom stereocenters. The molecule has 0 radical (unpaired) electrons. The van der Waals surface area contributed by atoms with Crippen LogP contribution in [0, 0.1) is 0 Å². The van der Waals surface area contributed by atoms with Crippen molar-refractivity contribution in [2.75, 3.05) is 6.54 Å². The Morgan fingerprint density at radius 1 is 1.21 bits per heavy atom. The summed E-state index contributed by atoms with van der Waals surface area (Å²) in [4.78, 5) is 23.9. The second kappa shape index (κ2) is 7.10. The first-order valence-electron chi connectivity index (χ1n) is 7.25. The van der Waals surface area contributed by atoms with E-state index >= 15 is 0 Å². The molecule has 0 aliphatic rings. The standard InChI is InChI=1S/C16H14ClN5O2/c17-13-4-1-3-12(11-13)16(24)18-8-10-22-15(23)6-5-14(20-22)21-9-2-7-19-21/h1-7,9,11H,8,10H2,(H,18,24). The number of rotatable bonds is 5. The van der Waals surface area contributed by atoms with Crippen LogP contribution >= 0.6 is 11.6 Å². The van der Waals surface area contributed by atoms with Crippen LogP contribution in [0.2, 0.25) is 5.02 Å². The molecule has 1 amide bonds. The number of nitrogens with one attached hydrogen (secondary N) is 1. The van der Waals surface area contributed by atoms with Gasteiger partial charge in [-0.15, -0.1) is 5.10 Å². The van der Waals surface area contributed by atoms with Gasteiger partial charge in [0.15, 0.2) is 5.82 Å². The van der Waals surface area contributed by atoms with Gasteiger partial charge in [-0.3, -0.25) is 9.59 Å². The zero-order chi connectivity index (χ0) is 16.9. The highest BCUT2D eigenvalue weighted by Gasteiger charge is 2.07. The molecular weight excluding hydrogens is 330 g/mol. The Labute approximate surface area is 142 Å². The Kier molecular flexibility index (Phi) is 4.72. The number of carbonyl (C=O) groups is 1. The summed E-state index contributed by atoms with van der Waals surface area (Å²) in [6.07, 6.45) is 3.36. The number of hydrogen-bond donors (Lipinski definition) is 1. The fraction of sp³-hybridized carbons (Fsp3) is 0.125. The molecule has 24 heavy (non-hydrogen) atoms. The summed E-state index contributed by atoms with van der Waals surface area (Å²) in [5.41, 5.74) is 0.219. The molecule has 0 bridgehead atoms. The SMILES string of the molecule is O=C(NCCn1nc(-n2cccn2)ccc1=O)c1cccc(Cl)c1. The number of halogens is 1. The monoisotopic (exact) mass is 343 g/mol. The molecular formula is C16H14ClN5O2. The van der Waals surface area contributed by atoms with Gasteiger partial charge >= 0.3 is 0 Å². The largest absolute Gasteiger partial charge is 0.350 e. The number of aromatic nitrogens is 4. The van der Waals surface area contributed by atoms with Crippen LogP contribution in [0.15, 0.2) is 59.7 Å². The quantitative estimate of drug-likeness (QED) is 0.761. The van der Waals surface area contributed by atoms with Crippen molar-refractivity contribution in [2.45, 2.75) is 6.54 Å². The Hall–Kier alpha value is -2.93. The van der Waals surface area contributed by atoms with Gasteiger partial charge in [-0.1, -0.05) is 17.7 Å². The molecule has 0 spiro atoms. The van der Waals surface area contributed by atoms with E-state index in [0.717, 1.165) is 0 Å². The summed E-state index contributed by atoms with van der Waals surface area (Å²) in [5, 5.41) is 11.5. The first-order valence-corrected chi connectivity index (χ1v) is 7.63. The molecule has 2 aromatic heterocycles. The van der Waals surface area contributed by atoms with E-state index < -0.39 is 0 Å². The van der Waals surface area contributed by atoms with Crippen molar-refractivity contribution in [3.8, 4) is 5.82 Å². The van der Waals surface area contributed by atoms with E-state index in [2.05, 4.69) is 15.5 Å². The lowest BCUT2D eigenvalue weighted by molar-refractivity contribution is 0.0951. The smallest absolute Gasteiger partial charge is 0.266 e. The van der Waals surface area contributed by atoms with E-state index in [1.54, 1.807) is 53.5 Å². The average molecular weight is 344 g/mol. The fourth-order valence-corrected chi connectivity index (χ4v) is 2.32. The number of nitrogens with zero attached hydrogens (tertiary/aromatic N) is 4. The van der Waals surface area contributed by atoms with E-state index in [-0.39, 0.29) is 24.6 Å². The van der Waals surface area contributed by atoms with Crippen LogP contribution in [-0.4, -0.2) is 32.0 Å². The predicted octanol–water partition coefficient (Wildman–Crippen LogP) is 1.51. The van der Waals surface area contributed by atoms with Gasteiger partial charge in [-0.05, 0) is 30.3 Å². The molecule has 2 heterocycles. The van der Waals surface area contributed by atoms with Crippen molar-refractivity contribution in [3.63, 3.8) is 0 Å². The summed E-state index contributed by atoms with van der Waals surface area (Å²) in [6.45, 7) is 0.515. The molecule has 0 atom stereocenters. The molecule has 3 rings (SSSR count). The third-order valence-corrected chi connectivity index (χ3v) is 3.52. The molecule has 0 aliphatic carbocycles. The van der Waals surface area contributed by atoms with Crippen LogP contribution in [0.1, 0.15) is 10.4 Å². The van der Waals surface area contributed by atoms with Crippen molar-refractivity contribution in [3.05, 3.63) is 75.8 Å². The molecule has 0 fully saturated rings. The molecule has 1 N–H and O–H groups in total. The van der Waals surface area contributed by atoms with Crippen molar-refractivity contribution in [2.24, 2.45) is 0 Å². The Morgan fingerprint density at radius 2 is 2.08 bits per heavy atom. The lowest BCUT2D eigenvalue weighted by Gasteiger charge is -2.08. The van der Waals surface area contributed by atoms with Gasteiger partial charge in [0.1, 0.15) is 0 Å². The van der Waals surface area contributed by atoms with Gasteiger partial charge in [0.05, 0.1) is 6.54 Å². The van der Waals surface area contributed by atoms with Crippen molar-refractivity contribution >= 4 is 17.5 Å². The minimum atomic E-state index is -0.256. The molecule has 0 aliphatic heterocycles. The Morgan fingerprint density at radius 3 is 2.83 bits per heavy atom. The van der Waals surface area contributed by atoms with Crippen molar-refractivity contribution in [1.82, 2.24) is 24.9 Å². The van der Waals surface area contributed by atoms with Gasteiger partial charge in [0.25, 0.3) is 11.5 Å². The second-order valence-corrected chi connectivity index (χ2v) is 5.41. The molecule has 8 heteroatoms. The first kappa shape index (κ1) is 15.9. The topological polar surface area (TPSA) is 81.8 Å². The van der Waals surface area contributed by atoms with Crippen LogP contribution < -0.4 is 10.9 Å². The zero-order valence-corrected chi connectivity index (χ0v) is 13.3. The number of benzene rings is 1. The summed E-state index contributed by atoms with van der Waals surface area (Å²) >= 11 is 5.86. The molecule has 7 nitrogen and oxygen atoms in total. The van der Waals surface area contributed by atoms with Gasteiger partial charge in [-0.25, -0.2) is 9.36 Å². The molecule has 0 saturated heterocycles. The number of carbonyl (C=O) groups excluding carboxylic acids is 1. The summed E-state index contributed by atoms with van der Waals surface area (Å²) < 4.78 is 2.84. The molecule has 3 aromatic rings. The highest BCUT2D eigenvalue weighted by molar-refractivity contribution is 6.30. The van der Waals surface area contributed by atoms with Crippen molar-refractivity contribution in [1.29, 1.82) is 0 Å². The normalized spacial score (nSPS) is 10.5. The van der Waals surface area contributed by atoms with Crippen LogP contribution in [0.4, 0.5) is 0 Å². The Bertz CT molecular complexity index is 905. The molecule has 122 valence electrons. The van der Waals surface area contributed by atoms with E-state index in [1.165, 1.54) is 10.7 Å².